The van der Waals surface area contributed by atoms with Gasteiger partial charge in [-0.25, -0.2) is 0 Å². The zero-order valence-corrected chi connectivity index (χ0v) is 20.1. The zero-order valence-electron chi connectivity index (χ0n) is 18.1. The van der Waals surface area contributed by atoms with E-state index in [1.807, 2.05) is 72.8 Å². The molecule has 0 saturated carbocycles. The van der Waals surface area contributed by atoms with Crippen LogP contribution in [-0.4, -0.2) is 26.2 Å². The van der Waals surface area contributed by atoms with Gasteiger partial charge in [0.05, 0.1) is 4.66 Å². The monoisotopic (exact) mass is 452 g/mol. The van der Waals surface area contributed by atoms with E-state index >= 15 is 0 Å². The fraction of sp³-hybridized carbons (Fsp3) is 0.143. The Kier molecular flexibility index (Phi) is 5.47. The smallest absolute Gasteiger partial charge is 0.234 e. The molecular weight excluding hydrogens is 424 g/mol. The van der Waals surface area contributed by atoms with Crippen LogP contribution in [0.5, 0.6) is 0 Å². The number of hydrogen-bond donors (Lipinski definition) is 2. The molecule has 0 radical (unpaired) electrons. The van der Waals surface area contributed by atoms with Crippen LogP contribution in [0.3, 0.4) is 0 Å². The Labute approximate surface area is 192 Å². The van der Waals surface area contributed by atoms with E-state index in [0.29, 0.717) is 0 Å². The van der Waals surface area contributed by atoms with Crippen LogP contribution >= 0.6 is 0 Å². The molecule has 2 unspecified atom stereocenters. The summed E-state index contributed by atoms with van der Waals surface area (Å²) in [6.45, 7) is 0. The summed E-state index contributed by atoms with van der Waals surface area (Å²) in [6, 6.07) is 42.4. The lowest BCUT2D eigenvalue weighted by Gasteiger charge is -2.57. The second kappa shape index (κ2) is 8.30. The maximum atomic E-state index is 13.0. The highest BCUT2D eigenvalue weighted by molar-refractivity contribution is 7.07. The Balaban J connectivity index is 1.95. The molecule has 0 aromatic heterocycles. The van der Waals surface area contributed by atoms with Crippen LogP contribution < -0.4 is 10.4 Å². The molecule has 32 heavy (non-hydrogen) atoms. The Bertz CT molecular complexity index is 1070. The third kappa shape index (κ3) is 2.99. The Morgan fingerprint density at radius 1 is 0.469 bits per heavy atom. The first-order valence-corrected chi connectivity index (χ1v) is 15.6. The SMILES string of the molecule is O[Si]1(c2ccccc2)CCC[Si](O)(c2ccccc2)C1(c1ccccc1)c1ccccc1. The van der Waals surface area contributed by atoms with Gasteiger partial charge in [0.2, 0.25) is 16.6 Å². The first kappa shape index (κ1) is 21.1. The van der Waals surface area contributed by atoms with E-state index in [-0.39, 0.29) is 0 Å². The van der Waals surface area contributed by atoms with Crippen molar-refractivity contribution in [3.8, 4) is 0 Å². The molecule has 1 aliphatic heterocycles. The van der Waals surface area contributed by atoms with E-state index in [1.54, 1.807) is 0 Å². The van der Waals surface area contributed by atoms with Crippen LogP contribution in [0.15, 0.2) is 121 Å². The van der Waals surface area contributed by atoms with Gasteiger partial charge in [0, 0.05) is 0 Å². The highest BCUT2D eigenvalue weighted by Gasteiger charge is 2.70. The molecule has 5 rings (SSSR count). The van der Waals surface area contributed by atoms with E-state index in [1.165, 1.54) is 0 Å². The van der Waals surface area contributed by atoms with Crippen molar-refractivity contribution in [1.82, 2.24) is 0 Å². The van der Waals surface area contributed by atoms with E-state index in [2.05, 4.69) is 48.5 Å². The second-order valence-electron chi connectivity index (χ2n) is 8.79. The molecule has 0 spiro atoms. The van der Waals surface area contributed by atoms with Gasteiger partial charge in [-0.05, 0) is 33.6 Å². The molecule has 1 aliphatic rings. The maximum absolute atomic E-state index is 13.0. The molecule has 0 amide bonds. The van der Waals surface area contributed by atoms with Gasteiger partial charge in [-0.3, -0.25) is 0 Å². The van der Waals surface area contributed by atoms with Crippen molar-refractivity contribution in [1.29, 1.82) is 0 Å². The third-order valence-electron chi connectivity index (χ3n) is 7.23. The molecule has 0 aliphatic carbocycles. The Morgan fingerprint density at radius 2 is 0.781 bits per heavy atom. The third-order valence-corrected chi connectivity index (χ3v) is 18.1. The van der Waals surface area contributed by atoms with E-state index in [0.717, 1.165) is 40.0 Å². The standard InChI is InChI=1S/C28H28O2Si2/c29-31(26-18-9-3-10-19-26)22-13-23-32(30,27-20-11-4-12-21-27)28(31,24-14-5-1-6-15-24)25-16-7-2-8-17-25/h1-12,14-21,29-30H,13,22-23H2. The average molecular weight is 453 g/mol. The quantitative estimate of drug-likeness (QED) is 0.457. The summed E-state index contributed by atoms with van der Waals surface area (Å²) in [7, 11) is -6.56. The molecule has 4 aromatic rings. The van der Waals surface area contributed by atoms with Crippen LogP contribution in [0.25, 0.3) is 0 Å². The van der Waals surface area contributed by atoms with Gasteiger partial charge >= 0.3 is 0 Å². The normalized spacial score (nSPS) is 24.7. The van der Waals surface area contributed by atoms with E-state index in [4.69, 9.17) is 0 Å². The van der Waals surface area contributed by atoms with Crippen LogP contribution in [0.2, 0.25) is 12.1 Å². The van der Waals surface area contributed by atoms with Crippen LogP contribution in [0, 0.1) is 0 Å². The van der Waals surface area contributed by atoms with Gasteiger partial charge in [0.15, 0.2) is 0 Å². The van der Waals surface area contributed by atoms with Gasteiger partial charge in [-0.1, -0.05) is 128 Å². The summed E-state index contributed by atoms with van der Waals surface area (Å²) >= 11 is 0. The number of rotatable bonds is 4. The summed E-state index contributed by atoms with van der Waals surface area (Å²) < 4.78 is -0.830. The number of benzene rings is 4. The van der Waals surface area contributed by atoms with Crippen molar-refractivity contribution < 1.29 is 9.59 Å². The van der Waals surface area contributed by atoms with Crippen LogP contribution in [-0.2, 0) is 4.66 Å². The lowest BCUT2D eigenvalue weighted by molar-refractivity contribution is 0.454. The summed E-state index contributed by atoms with van der Waals surface area (Å²) in [5, 5.41) is 1.99. The summed E-state index contributed by atoms with van der Waals surface area (Å²) in [5.41, 5.74) is 2.06. The zero-order chi connectivity index (χ0) is 22.1. The topological polar surface area (TPSA) is 40.5 Å². The van der Waals surface area contributed by atoms with Crippen molar-refractivity contribution in [3.63, 3.8) is 0 Å². The minimum Gasteiger partial charge on any atom is -0.426 e. The van der Waals surface area contributed by atoms with Crippen LogP contribution in [0.4, 0.5) is 0 Å². The Hall–Kier alpha value is -2.77. The second-order valence-corrected chi connectivity index (χ2v) is 16.4. The van der Waals surface area contributed by atoms with Crippen molar-refractivity contribution in [2.75, 3.05) is 0 Å². The lowest BCUT2D eigenvalue weighted by atomic mass is 10.0. The molecule has 1 heterocycles. The number of hydrogen-bond acceptors (Lipinski definition) is 2. The molecular formula is C28H28O2Si2. The fourth-order valence-corrected chi connectivity index (χ4v) is 18.3. The Morgan fingerprint density at radius 3 is 1.12 bits per heavy atom. The predicted molar refractivity (Wildman–Crippen MR) is 136 cm³/mol. The van der Waals surface area contributed by atoms with Gasteiger partial charge < -0.3 is 9.59 Å². The predicted octanol–water partition coefficient (Wildman–Crippen LogP) is 4.14. The van der Waals surface area contributed by atoms with Gasteiger partial charge in [-0.15, -0.1) is 0 Å². The highest BCUT2D eigenvalue weighted by Crippen LogP contribution is 2.52. The van der Waals surface area contributed by atoms with Crippen LogP contribution in [0.1, 0.15) is 17.5 Å². The lowest BCUT2D eigenvalue weighted by Crippen LogP contribution is -2.81. The van der Waals surface area contributed by atoms with Crippen molar-refractivity contribution >= 4 is 27.0 Å². The minimum absolute atomic E-state index is 0.725. The largest absolute Gasteiger partial charge is 0.426 e. The molecule has 4 heteroatoms. The molecule has 1 saturated heterocycles. The molecule has 160 valence electrons. The van der Waals surface area contributed by atoms with Crippen molar-refractivity contribution in [2.45, 2.75) is 23.2 Å². The van der Waals surface area contributed by atoms with Gasteiger partial charge in [-0.2, -0.15) is 0 Å². The maximum Gasteiger partial charge on any atom is 0.234 e. The molecule has 4 aromatic carbocycles. The molecule has 0 bridgehead atoms. The van der Waals surface area contributed by atoms with Gasteiger partial charge in [0.1, 0.15) is 0 Å². The fourth-order valence-electron chi connectivity index (χ4n) is 5.96. The average Bonchev–Trinajstić information content (AvgIpc) is 2.86. The van der Waals surface area contributed by atoms with E-state index < -0.39 is 21.3 Å². The van der Waals surface area contributed by atoms with E-state index in [9.17, 15) is 9.59 Å². The van der Waals surface area contributed by atoms with Crippen molar-refractivity contribution in [3.05, 3.63) is 132 Å². The first-order chi connectivity index (χ1) is 15.6. The first-order valence-electron chi connectivity index (χ1n) is 11.3. The molecule has 2 N–H and O–H groups in total. The minimum atomic E-state index is -3.28. The molecule has 2 nitrogen and oxygen atoms in total. The highest BCUT2D eigenvalue weighted by atomic mass is 28.4. The molecule has 1 fully saturated rings. The summed E-state index contributed by atoms with van der Waals surface area (Å²) in [4.78, 5) is 25.9. The molecule has 2 atom stereocenters. The van der Waals surface area contributed by atoms with Crippen molar-refractivity contribution in [2.24, 2.45) is 0 Å². The summed E-state index contributed by atoms with van der Waals surface area (Å²) in [5.74, 6) is 0. The van der Waals surface area contributed by atoms with Gasteiger partial charge in [0.25, 0.3) is 0 Å². The summed E-state index contributed by atoms with van der Waals surface area (Å²) in [6.07, 6.45) is 0.830.